The molecule has 5 heteroatoms. The highest BCUT2D eigenvalue weighted by atomic mass is 32.2. The zero-order chi connectivity index (χ0) is 14.5. The molecule has 0 aliphatic rings. The smallest absolute Gasteiger partial charge is 0.178 e. The summed E-state index contributed by atoms with van der Waals surface area (Å²) in [5.41, 5.74) is 0.657. The molecule has 4 nitrogen and oxygen atoms in total. The van der Waals surface area contributed by atoms with Gasteiger partial charge in [-0.25, -0.2) is 8.42 Å². The molecular weight excluding hydrogens is 262 g/mol. The van der Waals surface area contributed by atoms with Gasteiger partial charge < -0.3 is 10.4 Å². The zero-order valence-electron chi connectivity index (χ0n) is 11.8. The van der Waals surface area contributed by atoms with Crippen LogP contribution in [0.15, 0.2) is 29.2 Å². The van der Waals surface area contributed by atoms with Crippen LogP contribution in [0.25, 0.3) is 0 Å². The van der Waals surface area contributed by atoms with Crippen LogP contribution in [0, 0.1) is 5.41 Å². The minimum Gasteiger partial charge on any atom is -0.396 e. The van der Waals surface area contributed by atoms with Crippen LogP contribution in [0.5, 0.6) is 0 Å². The molecule has 0 saturated carbocycles. The molecule has 0 bridgehead atoms. The average molecular weight is 285 g/mol. The summed E-state index contributed by atoms with van der Waals surface area (Å²) in [5.74, 6) is 0.178. The molecule has 1 aromatic rings. The third-order valence-electron chi connectivity index (χ3n) is 2.89. The lowest BCUT2D eigenvalue weighted by molar-refractivity contribution is 0.171. The maximum absolute atomic E-state index is 11.9. The number of hydrogen-bond acceptors (Lipinski definition) is 4. The largest absolute Gasteiger partial charge is 0.396 e. The predicted octanol–water partition coefficient (Wildman–Crippen LogP) is 2.30. The number of sulfone groups is 1. The van der Waals surface area contributed by atoms with Gasteiger partial charge >= 0.3 is 0 Å². The fourth-order valence-corrected chi connectivity index (χ4v) is 2.89. The van der Waals surface area contributed by atoms with E-state index in [9.17, 15) is 8.42 Å². The van der Waals surface area contributed by atoms with Crippen LogP contribution in [0.2, 0.25) is 0 Å². The molecule has 1 rings (SSSR count). The summed E-state index contributed by atoms with van der Waals surface area (Å²) in [7, 11) is -3.14. The summed E-state index contributed by atoms with van der Waals surface area (Å²) in [4.78, 5) is 0.362. The van der Waals surface area contributed by atoms with Crippen LogP contribution >= 0.6 is 0 Å². The summed E-state index contributed by atoms with van der Waals surface area (Å²) in [5, 5.41) is 12.4. The second kappa shape index (κ2) is 6.39. The maximum atomic E-state index is 11.9. The second-order valence-electron chi connectivity index (χ2n) is 5.52. The number of aliphatic hydroxyl groups is 1. The minimum atomic E-state index is -3.14. The van der Waals surface area contributed by atoms with E-state index in [-0.39, 0.29) is 17.8 Å². The molecular formula is C14H23NO3S. The summed E-state index contributed by atoms with van der Waals surface area (Å²) in [6.07, 6.45) is 0.618. The van der Waals surface area contributed by atoms with Gasteiger partial charge in [0.05, 0.1) is 10.6 Å². The van der Waals surface area contributed by atoms with Crippen LogP contribution in [0.3, 0.4) is 0 Å². The first-order valence-corrected chi connectivity index (χ1v) is 8.13. The third kappa shape index (κ3) is 4.84. The highest BCUT2D eigenvalue weighted by Gasteiger charge is 2.16. The van der Waals surface area contributed by atoms with Crippen molar-refractivity contribution in [2.45, 2.75) is 32.1 Å². The lowest BCUT2D eigenvalue weighted by Gasteiger charge is -2.22. The van der Waals surface area contributed by atoms with E-state index in [0.29, 0.717) is 17.9 Å². The molecule has 0 amide bonds. The quantitative estimate of drug-likeness (QED) is 0.806. The van der Waals surface area contributed by atoms with Crippen LogP contribution in [-0.4, -0.2) is 32.4 Å². The van der Waals surface area contributed by atoms with E-state index in [2.05, 4.69) is 5.32 Å². The topological polar surface area (TPSA) is 66.4 Å². The van der Waals surface area contributed by atoms with E-state index in [4.69, 9.17) is 5.11 Å². The number of nitrogens with one attached hydrogen (secondary N) is 1. The van der Waals surface area contributed by atoms with Crippen molar-refractivity contribution >= 4 is 15.5 Å². The Morgan fingerprint density at radius 2 is 1.79 bits per heavy atom. The number of rotatable bonds is 7. The van der Waals surface area contributed by atoms with Gasteiger partial charge in [-0.2, -0.15) is 0 Å². The molecule has 0 fully saturated rings. The highest BCUT2D eigenvalue weighted by Crippen LogP contribution is 2.19. The predicted molar refractivity (Wildman–Crippen MR) is 78.1 cm³/mol. The summed E-state index contributed by atoms with van der Waals surface area (Å²) in [6.45, 7) is 6.50. The minimum absolute atomic E-state index is 0.100. The van der Waals surface area contributed by atoms with Crippen molar-refractivity contribution in [2.75, 3.05) is 24.2 Å². The van der Waals surface area contributed by atoms with Gasteiger partial charge in [0.1, 0.15) is 0 Å². The zero-order valence-corrected chi connectivity index (χ0v) is 12.6. The van der Waals surface area contributed by atoms with E-state index >= 15 is 0 Å². The van der Waals surface area contributed by atoms with E-state index < -0.39 is 9.84 Å². The van der Waals surface area contributed by atoms with Crippen molar-refractivity contribution in [3.05, 3.63) is 24.3 Å². The van der Waals surface area contributed by atoms with Crippen LogP contribution in [-0.2, 0) is 9.84 Å². The van der Waals surface area contributed by atoms with E-state index in [1.54, 1.807) is 24.3 Å². The molecule has 0 aliphatic carbocycles. The Kier molecular flexibility index (Phi) is 5.38. The van der Waals surface area contributed by atoms with Gasteiger partial charge in [0.2, 0.25) is 0 Å². The van der Waals surface area contributed by atoms with Crippen molar-refractivity contribution in [2.24, 2.45) is 5.41 Å². The van der Waals surface area contributed by atoms with Crippen LogP contribution in [0.4, 0.5) is 5.69 Å². The van der Waals surface area contributed by atoms with E-state index in [0.717, 1.165) is 5.69 Å². The Labute approximate surface area is 115 Å². The maximum Gasteiger partial charge on any atom is 0.178 e. The Hall–Kier alpha value is -1.07. The number of aliphatic hydroxyl groups excluding tert-OH is 1. The van der Waals surface area contributed by atoms with Gasteiger partial charge in [-0.1, -0.05) is 20.8 Å². The fourth-order valence-electron chi connectivity index (χ4n) is 1.56. The van der Waals surface area contributed by atoms with Crippen molar-refractivity contribution in [1.82, 2.24) is 0 Å². The number of anilines is 1. The molecule has 19 heavy (non-hydrogen) atoms. The van der Waals surface area contributed by atoms with Gasteiger partial charge in [-0.15, -0.1) is 0 Å². The normalized spacial score (nSPS) is 12.4. The number of hydrogen-bond donors (Lipinski definition) is 2. The molecule has 108 valence electrons. The van der Waals surface area contributed by atoms with Gasteiger partial charge in [0.15, 0.2) is 9.84 Å². The highest BCUT2D eigenvalue weighted by molar-refractivity contribution is 7.91. The van der Waals surface area contributed by atoms with Gasteiger partial charge in [-0.3, -0.25) is 0 Å². The summed E-state index contributed by atoms with van der Waals surface area (Å²) in [6, 6.07) is 6.77. The van der Waals surface area contributed by atoms with Crippen molar-refractivity contribution in [3.63, 3.8) is 0 Å². The molecule has 0 heterocycles. The second-order valence-corrected chi connectivity index (χ2v) is 7.63. The Morgan fingerprint density at radius 1 is 1.21 bits per heavy atom. The molecule has 0 radical (unpaired) electrons. The molecule has 0 unspecified atom stereocenters. The van der Waals surface area contributed by atoms with E-state index in [1.165, 1.54) is 0 Å². The average Bonchev–Trinajstić information content (AvgIpc) is 2.37. The van der Waals surface area contributed by atoms with Gasteiger partial charge in [0, 0.05) is 24.3 Å². The van der Waals surface area contributed by atoms with Crippen molar-refractivity contribution in [3.8, 4) is 0 Å². The van der Waals surface area contributed by atoms with Crippen LogP contribution < -0.4 is 5.32 Å². The Balaban J connectivity index is 2.72. The van der Waals surface area contributed by atoms with Crippen molar-refractivity contribution in [1.29, 1.82) is 0 Å². The summed E-state index contributed by atoms with van der Waals surface area (Å²) >= 11 is 0. The molecule has 0 saturated heterocycles. The Bertz CT molecular complexity index is 492. The molecule has 0 aromatic heterocycles. The van der Waals surface area contributed by atoms with Crippen molar-refractivity contribution < 1.29 is 13.5 Å². The lowest BCUT2D eigenvalue weighted by atomic mass is 9.95. The molecule has 0 spiro atoms. The third-order valence-corrected chi connectivity index (χ3v) is 4.82. The SMILES string of the molecule is CCCS(=O)(=O)c1ccc(NCC(C)(C)CO)cc1. The molecule has 0 atom stereocenters. The fraction of sp³-hybridized carbons (Fsp3) is 0.571. The monoisotopic (exact) mass is 285 g/mol. The van der Waals surface area contributed by atoms with Gasteiger partial charge in [0.25, 0.3) is 0 Å². The lowest BCUT2D eigenvalue weighted by Crippen LogP contribution is -2.26. The Morgan fingerprint density at radius 3 is 2.26 bits per heavy atom. The first kappa shape index (κ1) is 16.0. The molecule has 0 aliphatic heterocycles. The van der Waals surface area contributed by atoms with Crippen LogP contribution in [0.1, 0.15) is 27.2 Å². The summed E-state index contributed by atoms with van der Waals surface area (Å²) < 4.78 is 23.7. The standard InChI is InChI=1S/C14H23NO3S/c1-4-9-19(17,18)13-7-5-12(6-8-13)15-10-14(2,3)11-16/h5-8,15-16H,4,9-11H2,1-3H3. The van der Waals surface area contributed by atoms with E-state index in [1.807, 2.05) is 20.8 Å². The first-order chi connectivity index (χ1) is 8.80. The molecule has 2 N–H and O–H groups in total. The number of benzene rings is 1. The molecule has 1 aromatic carbocycles. The van der Waals surface area contributed by atoms with Gasteiger partial charge in [-0.05, 0) is 30.7 Å². The first-order valence-electron chi connectivity index (χ1n) is 6.48.